The maximum absolute atomic E-state index is 12.6. The summed E-state index contributed by atoms with van der Waals surface area (Å²) in [6, 6.07) is 1.18. The lowest BCUT2D eigenvalue weighted by Gasteiger charge is -2.12. The van der Waals surface area contributed by atoms with Gasteiger partial charge in [0.2, 0.25) is 5.91 Å². The molecule has 114 valence electrons. The standard InChI is InChI=1S/C13H9F6NO/c14-12(15,16)9-5-8(3-1-2-4-11(20)21)6-10(7-9)13(17,18)19/h1-7H,(H2,20,21)/b3-1+,4-2+. The summed E-state index contributed by atoms with van der Waals surface area (Å²) in [5.74, 6) is -0.792. The molecule has 0 unspecified atom stereocenters. The Hall–Kier alpha value is -2.25. The van der Waals surface area contributed by atoms with Gasteiger partial charge in [-0.05, 0) is 23.8 Å². The topological polar surface area (TPSA) is 43.1 Å². The van der Waals surface area contributed by atoms with E-state index in [4.69, 9.17) is 5.73 Å². The van der Waals surface area contributed by atoms with Gasteiger partial charge in [0.25, 0.3) is 0 Å². The molecule has 0 spiro atoms. The summed E-state index contributed by atoms with van der Waals surface area (Å²) < 4.78 is 75.4. The molecule has 8 heteroatoms. The molecule has 0 radical (unpaired) electrons. The van der Waals surface area contributed by atoms with Gasteiger partial charge in [0.1, 0.15) is 0 Å². The minimum atomic E-state index is -4.90. The summed E-state index contributed by atoms with van der Waals surface area (Å²) in [5.41, 5.74) is 1.66. The number of nitrogens with two attached hydrogens (primary N) is 1. The van der Waals surface area contributed by atoms with E-state index in [-0.39, 0.29) is 11.6 Å². The summed E-state index contributed by atoms with van der Waals surface area (Å²) in [6.07, 6.45) is -5.66. The molecule has 0 aliphatic carbocycles. The fraction of sp³-hybridized carbons (Fsp3) is 0.154. The van der Waals surface area contributed by atoms with E-state index < -0.39 is 29.4 Å². The lowest BCUT2D eigenvalue weighted by Crippen LogP contribution is -2.11. The maximum atomic E-state index is 12.6. The first-order valence-corrected chi connectivity index (χ1v) is 5.44. The third-order valence-corrected chi connectivity index (χ3v) is 2.27. The molecule has 0 aliphatic rings. The fourth-order valence-corrected chi connectivity index (χ4v) is 1.39. The van der Waals surface area contributed by atoms with Crippen LogP contribution in [0.2, 0.25) is 0 Å². The molecule has 1 aromatic carbocycles. The number of hydrogen-bond acceptors (Lipinski definition) is 1. The van der Waals surface area contributed by atoms with Crippen molar-refractivity contribution < 1.29 is 31.1 Å². The van der Waals surface area contributed by atoms with Crippen LogP contribution in [0.3, 0.4) is 0 Å². The van der Waals surface area contributed by atoms with Crippen LogP contribution in [0.15, 0.2) is 36.4 Å². The van der Waals surface area contributed by atoms with Gasteiger partial charge in [-0.1, -0.05) is 18.2 Å². The van der Waals surface area contributed by atoms with Gasteiger partial charge in [0, 0.05) is 6.08 Å². The lowest BCUT2D eigenvalue weighted by atomic mass is 10.0. The molecule has 21 heavy (non-hydrogen) atoms. The highest BCUT2D eigenvalue weighted by Gasteiger charge is 2.36. The summed E-state index contributed by atoms with van der Waals surface area (Å²) in [4.78, 5) is 10.4. The molecule has 1 amide bonds. The summed E-state index contributed by atoms with van der Waals surface area (Å²) >= 11 is 0. The van der Waals surface area contributed by atoms with Gasteiger partial charge in [-0.3, -0.25) is 4.79 Å². The number of carbonyl (C=O) groups is 1. The van der Waals surface area contributed by atoms with Gasteiger partial charge in [0.05, 0.1) is 11.1 Å². The van der Waals surface area contributed by atoms with Crippen molar-refractivity contribution in [1.82, 2.24) is 0 Å². The average molecular weight is 309 g/mol. The Balaban J connectivity index is 3.23. The summed E-state index contributed by atoms with van der Waals surface area (Å²) in [5, 5.41) is 0. The number of primary amides is 1. The van der Waals surface area contributed by atoms with Crippen molar-refractivity contribution in [2.45, 2.75) is 12.4 Å². The van der Waals surface area contributed by atoms with E-state index in [2.05, 4.69) is 0 Å². The number of carbonyl (C=O) groups excluding carboxylic acids is 1. The Morgan fingerprint density at radius 3 is 1.76 bits per heavy atom. The van der Waals surface area contributed by atoms with Gasteiger partial charge in [-0.25, -0.2) is 0 Å². The second kappa shape index (κ2) is 6.02. The van der Waals surface area contributed by atoms with Crippen LogP contribution in [0.4, 0.5) is 26.3 Å². The summed E-state index contributed by atoms with van der Waals surface area (Å²) in [7, 11) is 0. The number of alkyl halides is 6. The van der Waals surface area contributed by atoms with Crippen LogP contribution in [0.25, 0.3) is 6.08 Å². The smallest absolute Gasteiger partial charge is 0.366 e. The molecule has 0 saturated carbocycles. The van der Waals surface area contributed by atoms with Crippen LogP contribution in [0, 0.1) is 0 Å². The molecule has 1 rings (SSSR count). The Bertz CT molecular complexity index is 551. The molecule has 0 fully saturated rings. The number of hydrogen-bond donors (Lipinski definition) is 1. The normalized spacial score (nSPS) is 13.2. The van der Waals surface area contributed by atoms with Crippen molar-refractivity contribution in [3.8, 4) is 0 Å². The Morgan fingerprint density at radius 2 is 1.38 bits per heavy atom. The number of amides is 1. The maximum Gasteiger partial charge on any atom is 0.416 e. The molecule has 0 atom stereocenters. The zero-order valence-electron chi connectivity index (χ0n) is 10.3. The van der Waals surface area contributed by atoms with E-state index in [9.17, 15) is 31.1 Å². The van der Waals surface area contributed by atoms with Crippen molar-refractivity contribution in [3.05, 3.63) is 53.1 Å². The number of halogens is 6. The van der Waals surface area contributed by atoms with E-state index in [1.165, 1.54) is 0 Å². The molecule has 0 saturated heterocycles. The number of allylic oxidation sites excluding steroid dienone is 2. The van der Waals surface area contributed by atoms with Gasteiger partial charge in [0.15, 0.2) is 0 Å². The molecule has 0 heterocycles. The van der Waals surface area contributed by atoms with Crippen LogP contribution in [-0.2, 0) is 17.1 Å². The van der Waals surface area contributed by atoms with Gasteiger partial charge in [-0.2, -0.15) is 26.3 Å². The Kier molecular flexibility index (Phi) is 4.82. The molecule has 2 nitrogen and oxygen atoms in total. The zero-order valence-corrected chi connectivity index (χ0v) is 10.3. The Morgan fingerprint density at radius 1 is 0.905 bits per heavy atom. The monoisotopic (exact) mass is 309 g/mol. The van der Waals surface area contributed by atoms with E-state index in [0.717, 1.165) is 24.3 Å². The van der Waals surface area contributed by atoms with Crippen LogP contribution in [0.5, 0.6) is 0 Å². The molecular weight excluding hydrogens is 300 g/mol. The van der Waals surface area contributed by atoms with E-state index in [1.54, 1.807) is 0 Å². The van der Waals surface area contributed by atoms with E-state index >= 15 is 0 Å². The van der Waals surface area contributed by atoms with Crippen molar-refractivity contribution >= 4 is 12.0 Å². The van der Waals surface area contributed by atoms with Crippen LogP contribution < -0.4 is 5.73 Å². The largest absolute Gasteiger partial charge is 0.416 e. The highest BCUT2D eigenvalue weighted by molar-refractivity contribution is 5.86. The predicted octanol–water partition coefficient (Wildman–Crippen LogP) is 3.78. The predicted molar refractivity (Wildman–Crippen MR) is 63.8 cm³/mol. The van der Waals surface area contributed by atoms with E-state index in [1.807, 2.05) is 0 Å². The van der Waals surface area contributed by atoms with Gasteiger partial charge >= 0.3 is 12.4 Å². The molecule has 0 bridgehead atoms. The minimum Gasteiger partial charge on any atom is -0.366 e. The van der Waals surface area contributed by atoms with Crippen LogP contribution in [0.1, 0.15) is 16.7 Å². The number of benzene rings is 1. The highest BCUT2D eigenvalue weighted by atomic mass is 19.4. The third kappa shape index (κ3) is 5.33. The second-order valence-electron chi connectivity index (χ2n) is 3.96. The van der Waals surface area contributed by atoms with Gasteiger partial charge in [-0.15, -0.1) is 0 Å². The molecule has 0 aromatic heterocycles. The van der Waals surface area contributed by atoms with E-state index in [0.29, 0.717) is 12.1 Å². The molecular formula is C13H9F6NO. The molecule has 0 aliphatic heterocycles. The fourth-order valence-electron chi connectivity index (χ4n) is 1.39. The SMILES string of the molecule is NC(=O)/C=C/C=C/c1cc(C(F)(F)F)cc(C(F)(F)F)c1. The van der Waals surface area contributed by atoms with Crippen molar-refractivity contribution in [3.63, 3.8) is 0 Å². The molecule has 1 aromatic rings. The first-order chi connectivity index (χ1) is 9.50. The van der Waals surface area contributed by atoms with Crippen molar-refractivity contribution in [2.75, 3.05) is 0 Å². The number of rotatable bonds is 3. The minimum absolute atomic E-state index is 0.0383. The quantitative estimate of drug-likeness (QED) is 0.515. The van der Waals surface area contributed by atoms with Crippen LogP contribution in [-0.4, -0.2) is 5.91 Å². The van der Waals surface area contributed by atoms with Crippen LogP contribution >= 0.6 is 0 Å². The first-order valence-electron chi connectivity index (χ1n) is 5.44. The zero-order chi connectivity index (χ0) is 16.3. The van der Waals surface area contributed by atoms with Crippen molar-refractivity contribution in [2.24, 2.45) is 5.73 Å². The summed E-state index contributed by atoms with van der Waals surface area (Å²) in [6.45, 7) is 0. The second-order valence-corrected chi connectivity index (χ2v) is 3.96. The highest BCUT2D eigenvalue weighted by Crippen LogP contribution is 2.36. The Labute approximate surface area is 115 Å². The molecule has 2 N–H and O–H groups in total. The van der Waals surface area contributed by atoms with Gasteiger partial charge < -0.3 is 5.73 Å². The first kappa shape index (κ1) is 16.8. The van der Waals surface area contributed by atoms with Crippen molar-refractivity contribution in [1.29, 1.82) is 0 Å². The third-order valence-electron chi connectivity index (χ3n) is 2.27. The lowest BCUT2D eigenvalue weighted by molar-refractivity contribution is -0.143. The average Bonchev–Trinajstić information content (AvgIpc) is 2.32.